The number of piperidine rings is 1. The van der Waals surface area contributed by atoms with Crippen LogP contribution in [0.3, 0.4) is 0 Å². The van der Waals surface area contributed by atoms with Crippen molar-refractivity contribution in [1.29, 1.82) is 0 Å². The molecule has 2 N–H and O–H groups in total. The molecule has 1 heterocycles. The van der Waals surface area contributed by atoms with E-state index >= 15 is 0 Å². The first-order valence-corrected chi connectivity index (χ1v) is 10.4. The molecule has 1 fully saturated rings. The molecule has 7 heteroatoms. The third kappa shape index (κ3) is 8.27. The number of aryl methyl sites for hydroxylation is 1. The fourth-order valence-corrected chi connectivity index (χ4v) is 3.19. The minimum atomic E-state index is -0.608. The SMILES string of the molecule is Cc1ccccc1/C=C/C(=O)N1CCC(CNC(=O)CNC(=O)OC(C)(C)C)CC1. The molecule has 0 bridgehead atoms. The summed E-state index contributed by atoms with van der Waals surface area (Å²) >= 11 is 0. The molecule has 1 aliphatic rings. The fourth-order valence-electron chi connectivity index (χ4n) is 3.19. The summed E-state index contributed by atoms with van der Waals surface area (Å²) in [4.78, 5) is 37.8. The molecule has 3 amide bonds. The van der Waals surface area contributed by atoms with Gasteiger partial charge in [-0.15, -0.1) is 0 Å². The second kappa shape index (κ2) is 10.8. The zero-order valence-corrected chi connectivity index (χ0v) is 18.4. The number of carbonyl (C=O) groups excluding carboxylic acids is 3. The molecule has 1 aromatic rings. The van der Waals surface area contributed by atoms with Gasteiger partial charge in [-0.25, -0.2) is 4.79 Å². The van der Waals surface area contributed by atoms with Crippen molar-refractivity contribution in [2.75, 3.05) is 26.2 Å². The van der Waals surface area contributed by atoms with E-state index in [9.17, 15) is 14.4 Å². The number of ether oxygens (including phenoxy) is 1. The smallest absolute Gasteiger partial charge is 0.408 e. The van der Waals surface area contributed by atoms with Crippen LogP contribution in [0.1, 0.15) is 44.7 Å². The summed E-state index contributed by atoms with van der Waals surface area (Å²) < 4.78 is 5.10. The maximum Gasteiger partial charge on any atom is 0.408 e. The van der Waals surface area contributed by atoms with Gasteiger partial charge < -0.3 is 20.3 Å². The maximum atomic E-state index is 12.4. The number of likely N-dealkylation sites (tertiary alicyclic amines) is 1. The Morgan fingerprint density at radius 3 is 2.43 bits per heavy atom. The number of carbonyl (C=O) groups is 3. The van der Waals surface area contributed by atoms with Crippen LogP contribution in [0.5, 0.6) is 0 Å². The van der Waals surface area contributed by atoms with Crippen LogP contribution in [0.15, 0.2) is 30.3 Å². The number of nitrogens with zero attached hydrogens (tertiary/aromatic N) is 1. The molecule has 0 radical (unpaired) electrons. The van der Waals surface area contributed by atoms with Gasteiger partial charge in [0.1, 0.15) is 5.60 Å². The summed E-state index contributed by atoms with van der Waals surface area (Å²) in [7, 11) is 0. The Balaban J connectivity index is 1.67. The number of nitrogens with one attached hydrogen (secondary N) is 2. The standard InChI is InChI=1S/C23H33N3O4/c1-17-7-5-6-8-19(17)9-10-21(28)26-13-11-18(12-14-26)15-24-20(27)16-25-22(29)30-23(2,3)4/h5-10,18H,11-16H2,1-4H3,(H,24,27)(H,25,29)/b10-9+. The summed E-state index contributed by atoms with van der Waals surface area (Å²) in [6.07, 6.45) is 4.56. The Bertz CT molecular complexity index is 775. The zero-order chi connectivity index (χ0) is 22.1. The van der Waals surface area contributed by atoms with Gasteiger partial charge in [0.15, 0.2) is 0 Å². The molecule has 0 unspecified atom stereocenters. The van der Waals surface area contributed by atoms with Gasteiger partial charge in [0.05, 0.1) is 6.54 Å². The summed E-state index contributed by atoms with van der Waals surface area (Å²) in [5, 5.41) is 5.29. The molecule has 0 aromatic heterocycles. The molecule has 0 spiro atoms. The Morgan fingerprint density at radius 2 is 1.80 bits per heavy atom. The molecule has 0 aliphatic carbocycles. The minimum absolute atomic E-state index is 0.0160. The highest BCUT2D eigenvalue weighted by atomic mass is 16.6. The predicted octanol–water partition coefficient (Wildman–Crippen LogP) is 2.89. The van der Waals surface area contributed by atoms with E-state index in [1.165, 1.54) is 0 Å². The summed E-state index contributed by atoms with van der Waals surface area (Å²) in [6.45, 7) is 9.09. The fraction of sp³-hybridized carbons (Fsp3) is 0.522. The lowest BCUT2D eigenvalue weighted by Crippen LogP contribution is -2.43. The first-order valence-electron chi connectivity index (χ1n) is 10.4. The molecule has 1 saturated heterocycles. The largest absolute Gasteiger partial charge is 0.444 e. The summed E-state index contributed by atoms with van der Waals surface area (Å²) in [5.41, 5.74) is 1.58. The first-order chi connectivity index (χ1) is 14.1. The number of rotatable bonds is 6. The maximum absolute atomic E-state index is 12.4. The van der Waals surface area contributed by atoms with Crippen molar-refractivity contribution in [1.82, 2.24) is 15.5 Å². The Morgan fingerprint density at radius 1 is 1.13 bits per heavy atom. The average Bonchev–Trinajstić information content (AvgIpc) is 2.69. The van der Waals surface area contributed by atoms with Gasteiger partial charge in [0, 0.05) is 25.7 Å². The summed E-state index contributed by atoms with van der Waals surface area (Å²) in [5.74, 6) is 0.0858. The van der Waals surface area contributed by atoms with E-state index in [1.807, 2.05) is 42.2 Å². The van der Waals surface area contributed by atoms with Crippen LogP contribution in [0.25, 0.3) is 6.08 Å². The monoisotopic (exact) mass is 415 g/mol. The van der Waals surface area contributed by atoms with Crippen molar-refractivity contribution in [3.8, 4) is 0 Å². The van der Waals surface area contributed by atoms with Crippen LogP contribution in [-0.2, 0) is 14.3 Å². The van der Waals surface area contributed by atoms with Crippen molar-refractivity contribution >= 4 is 24.0 Å². The lowest BCUT2D eigenvalue weighted by Gasteiger charge is -2.31. The molecule has 0 saturated carbocycles. The third-order valence-corrected chi connectivity index (χ3v) is 4.90. The average molecular weight is 416 g/mol. The predicted molar refractivity (Wildman–Crippen MR) is 117 cm³/mol. The highest BCUT2D eigenvalue weighted by molar-refractivity contribution is 5.92. The van der Waals surface area contributed by atoms with Gasteiger partial charge in [-0.1, -0.05) is 24.3 Å². The van der Waals surface area contributed by atoms with Crippen LogP contribution in [0, 0.1) is 12.8 Å². The quantitative estimate of drug-likeness (QED) is 0.700. The summed E-state index contributed by atoms with van der Waals surface area (Å²) in [6, 6.07) is 7.95. The van der Waals surface area contributed by atoms with E-state index in [1.54, 1.807) is 26.8 Å². The Labute approximate surface area is 178 Å². The van der Waals surface area contributed by atoms with Crippen molar-refractivity contribution in [2.45, 2.75) is 46.1 Å². The molecule has 7 nitrogen and oxygen atoms in total. The van der Waals surface area contributed by atoms with Crippen LogP contribution >= 0.6 is 0 Å². The van der Waals surface area contributed by atoms with Gasteiger partial charge in [-0.05, 0) is 63.7 Å². The van der Waals surface area contributed by atoms with Crippen molar-refractivity contribution in [3.63, 3.8) is 0 Å². The van der Waals surface area contributed by atoms with E-state index in [0.717, 1.165) is 24.0 Å². The Hall–Kier alpha value is -2.83. The third-order valence-electron chi connectivity index (χ3n) is 4.90. The molecular formula is C23H33N3O4. The van der Waals surface area contributed by atoms with Crippen LogP contribution in [0.2, 0.25) is 0 Å². The van der Waals surface area contributed by atoms with E-state index in [0.29, 0.717) is 25.6 Å². The highest BCUT2D eigenvalue weighted by Gasteiger charge is 2.22. The van der Waals surface area contributed by atoms with Crippen molar-refractivity contribution < 1.29 is 19.1 Å². The molecule has 1 aromatic carbocycles. The van der Waals surface area contributed by atoms with Crippen LogP contribution in [0.4, 0.5) is 4.79 Å². The van der Waals surface area contributed by atoms with E-state index in [4.69, 9.17) is 4.74 Å². The number of alkyl carbamates (subject to hydrolysis) is 1. The van der Waals surface area contributed by atoms with Crippen LogP contribution in [-0.4, -0.2) is 54.6 Å². The van der Waals surface area contributed by atoms with E-state index in [-0.39, 0.29) is 18.4 Å². The number of hydrogen-bond donors (Lipinski definition) is 2. The molecule has 1 aliphatic heterocycles. The number of benzene rings is 1. The van der Waals surface area contributed by atoms with Gasteiger partial charge in [0.25, 0.3) is 0 Å². The minimum Gasteiger partial charge on any atom is -0.444 e. The normalized spacial score (nSPS) is 15.1. The van der Waals surface area contributed by atoms with Crippen LogP contribution < -0.4 is 10.6 Å². The first kappa shape index (κ1) is 23.4. The van der Waals surface area contributed by atoms with Crippen molar-refractivity contribution in [3.05, 3.63) is 41.5 Å². The lowest BCUT2D eigenvalue weighted by molar-refractivity contribution is -0.127. The topological polar surface area (TPSA) is 87.7 Å². The lowest BCUT2D eigenvalue weighted by atomic mass is 9.96. The van der Waals surface area contributed by atoms with Gasteiger partial charge in [0.2, 0.25) is 11.8 Å². The molecular weight excluding hydrogens is 382 g/mol. The van der Waals surface area contributed by atoms with E-state index in [2.05, 4.69) is 10.6 Å². The zero-order valence-electron chi connectivity index (χ0n) is 18.4. The number of hydrogen-bond acceptors (Lipinski definition) is 4. The van der Waals surface area contributed by atoms with Gasteiger partial charge >= 0.3 is 6.09 Å². The van der Waals surface area contributed by atoms with Gasteiger partial charge in [-0.3, -0.25) is 9.59 Å². The number of amides is 3. The highest BCUT2D eigenvalue weighted by Crippen LogP contribution is 2.17. The molecule has 30 heavy (non-hydrogen) atoms. The molecule has 0 atom stereocenters. The molecule has 2 rings (SSSR count). The van der Waals surface area contributed by atoms with Crippen molar-refractivity contribution in [2.24, 2.45) is 5.92 Å². The Kier molecular flexibility index (Phi) is 8.45. The van der Waals surface area contributed by atoms with E-state index < -0.39 is 11.7 Å². The van der Waals surface area contributed by atoms with Gasteiger partial charge in [-0.2, -0.15) is 0 Å². The molecule has 164 valence electrons. The second-order valence-corrected chi connectivity index (χ2v) is 8.62. The second-order valence-electron chi connectivity index (χ2n) is 8.62.